The largest absolute Gasteiger partial charge is 0.449 e. The number of benzene rings is 2. The normalized spacial score (nSPS) is 17.0. The van der Waals surface area contributed by atoms with E-state index in [2.05, 4.69) is 62.4 Å². The molecule has 0 bridgehead atoms. The highest BCUT2D eigenvalue weighted by molar-refractivity contribution is 5.74. The lowest BCUT2D eigenvalue weighted by molar-refractivity contribution is -0.146. The number of hydrogen-bond donors (Lipinski definition) is 0. The van der Waals surface area contributed by atoms with Crippen molar-refractivity contribution in [3.8, 4) is 0 Å². The summed E-state index contributed by atoms with van der Waals surface area (Å²) in [6.45, 7) is 4.12. The molecular formula is C18H18O2. The number of esters is 1. The molecule has 1 heterocycles. The predicted octanol–water partition coefficient (Wildman–Crippen LogP) is 3.88. The van der Waals surface area contributed by atoms with Gasteiger partial charge >= 0.3 is 5.97 Å². The topological polar surface area (TPSA) is 26.3 Å². The molecule has 0 radical (unpaired) electrons. The van der Waals surface area contributed by atoms with Crippen molar-refractivity contribution < 1.29 is 9.53 Å². The molecule has 1 aliphatic rings. The average Bonchev–Trinajstić information content (AvgIpc) is 2.84. The minimum Gasteiger partial charge on any atom is -0.449 e. The van der Waals surface area contributed by atoms with E-state index in [1.54, 1.807) is 0 Å². The Balaban J connectivity index is 2.12. The van der Waals surface area contributed by atoms with Crippen molar-refractivity contribution in [1.29, 1.82) is 0 Å². The first kappa shape index (κ1) is 12.9. The fraction of sp³-hybridized carbons (Fsp3) is 0.278. The van der Waals surface area contributed by atoms with Crippen molar-refractivity contribution >= 4 is 5.97 Å². The van der Waals surface area contributed by atoms with E-state index in [1.807, 2.05) is 0 Å². The Bertz CT molecular complexity index is 578. The number of ether oxygens (including phenoxy) is 1. The van der Waals surface area contributed by atoms with Crippen LogP contribution in [0.4, 0.5) is 0 Å². The summed E-state index contributed by atoms with van der Waals surface area (Å²) in [5.41, 5.74) is 3.91. The van der Waals surface area contributed by atoms with Crippen molar-refractivity contribution in [2.24, 2.45) is 0 Å². The van der Waals surface area contributed by atoms with Crippen LogP contribution in [0.5, 0.6) is 0 Å². The Labute approximate surface area is 119 Å². The Hall–Kier alpha value is -2.09. The van der Waals surface area contributed by atoms with Crippen LogP contribution in [0.3, 0.4) is 0 Å². The van der Waals surface area contributed by atoms with E-state index in [-0.39, 0.29) is 5.97 Å². The summed E-state index contributed by atoms with van der Waals surface area (Å²) in [5, 5.41) is 0. The second kappa shape index (κ2) is 4.78. The summed E-state index contributed by atoms with van der Waals surface area (Å²) in [6.07, 6.45) is 1.18. The molecule has 0 unspecified atom stereocenters. The molecule has 0 atom stereocenters. The van der Waals surface area contributed by atoms with Crippen LogP contribution in [0.25, 0.3) is 0 Å². The highest BCUT2D eigenvalue weighted by Gasteiger charge is 2.43. The molecule has 0 aromatic heterocycles. The second-order valence-corrected chi connectivity index (χ2v) is 5.53. The highest BCUT2D eigenvalue weighted by atomic mass is 16.6. The van der Waals surface area contributed by atoms with Gasteiger partial charge in [0.05, 0.1) is 6.42 Å². The van der Waals surface area contributed by atoms with Crippen LogP contribution in [0.1, 0.15) is 35.1 Å². The molecule has 20 heavy (non-hydrogen) atoms. The van der Waals surface area contributed by atoms with Gasteiger partial charge in [0.15, 0.2) is 5.60 Å². The fourth-order valence-electron chi connectivity index (χ4n) is 2.79. The molecule has 3 rings (SSSR count). The van der Waals surface area contributed by atoms with Crippen LogP contribution < -0.4 is 0 Å². The molecule has 0 aliphatic carbocycles. The average molecular weight is 266 g/mol. The van der Waals surface area contributed by atoms with Gasteiger partial charge < -0.3 is 4.74 Å². The molecule has 2 aromatic rings. The summed E-state index contributed by atoms with van der Waals surface area (Å²) >= 11 is 0. The third kappa shape index (κ3) is 2.11. The van der Waals surface area contributed by atoms with E-state index in [9.17, 15) is 4.79 Å². The van der Waals surface area contributed by atoms with Crippen molar-refractivity contribution in [2.45, 2.75) is 32.3 Å². The Morgan fingerprint density at radius 1 is 0.850 bits per heavy atom. The molecule has 1 fully saturated rings. The molecule has 2 heteroatoms. The lowest BCUT2D eigenvalue weighted by Gasteiger charge is -2.29. The molecule has 0 N–H and O–H groups in total. The third-order valence-electron chi connectivity index (χ3n) is 4.01. The maximum Gasteiger partial charge on any atom is 0.307 e. The highest BCUT2D eigenvalue weighted by Crippen LogP contribution is 2.42. The number of carbonyl (C=O) groups excluding carboxylic acids is 1. The maximum atomic E-state index is 11.7. The first-order valence-electron chi connectivity index (χ1n) is 6.96. The van der Waals surface area contributed by atoms with E-state index in [0.717, 1.165) is 11.1 Å². The summed E-state index contributed by atoms with van der Waals surface area (Å²) < 4.78 is 5.76. The third-order valence-corrected chi connectivity index (χ3v) is 4.01. The minimum absolute atomic E-state index is 0.119. The quantitative estimate of drug-likeness (QED) is 0.771. The second-order valence-electron chi connectivity index (χ2n) is 5.53. The molecule has 0 saturated carbocycles. The molecule has 2 nitrogen and oxygen atoms in total. The van der Waals surface area contributed by atoms with Crippen molar-refractivity contribution in [3.05, 3.63) is 70.8 Å². The van der Waals surface area contributed by atoms with Gasteiger partial charge in [-0.25, -0.2) is 0 Å². The lowest BCUT2D eigenvalue weighted by Crippen LogP contribution is -2.27. The zero-order valence-corrected chi connectivity index (χ0v) is 11.8. The van der Waals surface area contributed by atoms with Gasteiger partial charge in [0.1, 0.15) is 0 Å². The first-order valence-corrected chi connectivity index (χ1v) is 6.96. The van der Waals surface area contributed by atoms with Crippen molar-refractivity contribution in [3.63, 3.8) is 0 Å². The molecule has 102 valence electrons. The number of aryl methyl sites for hydroxylation is 2. The molecule has 0 spiro atoms. The van der Waals surface area contributed by atoms with Crippen molar-refractivity contribution in [2.75, 3.05) is 0 Å². The van der Waals surface area contributed by atoms with Gasteiger partial charge in [-0.3, -0.25) is 4.79 Å². The number of carbonyl (C=O) groups is 1. The molecule has 2 aromatic carbocycles. The standard InChI is InChI=1S/C18H18O2/c1-13-3-7-15(8-4-13)18(12-11-17(19)20-18)16-9-5-14(2)6-10-16/h3-10H,11-12H2,1-2H3. The Morgan fingerprint density at radius 3 is 1.65 bits per heavy atom. The van der Waals surface area contributed by atoms with E-state index in [0.29, 0.717) is 12.8 Å². The number of hydrogen-bond acceptors (Lipinski definition) is 2. The summed E-state index contributed by atoms with van der Waals surface area (Å²) in [6, 6.07) is 16.5. The van der Waals surface area contributed by atoms with Gasteiger partial charge in [-0.2, -0.15) is 0 Å². The summed E-state index contributed by atoms with van der Waals surface area (Å²) in [5.74, 6) is -0.119. The van der Waals surface area contributed by atoms with Gasteiger partial charge in [-0.1, -0.05) is 59.7 Å². The van der Waals surface area contributed by atoms with E-state index in [1.165, 1.54) is 11.1 Å². The molecule has 1 saturated heterocycles. The lowest BCUT2D eigenvalue weighted by atomic mass is 9.83. The van der Waals surface area contributed by atoms with Gasteiger partial charge in [-0.15, -0.1) is 0 Å². The van der Waals surface area contributed by atoms with E-state index in [4.69, 9.17) is 4.74 Å². The van der Waals surface area contributed by atoms with E-state index < -0.39 is 5.60 Å². The Morgan fingerprint density at radius 2 is 1.30 bits per heavy atom. The van der Waals surface area contributed by atoms with Crippen LogP contribution in [0.15, 0.2) is 48.5 Å². The molecule has 1 aliphatic heterocycles. The van der Waals surface area contributed by atoms with Gasteiger partial charge in [0, 0.05) is 17.5 Å². The Kier molecular flexibility index (Phi) is 3.09. The SMILES string of the molecule is Cc1ccc(C2(c3ccc(C)cc3)CCC(=O)O2)cc1. The van der Waals surface area contributed by atoms with Gasteiger partial charge in [0.2, 0.25) is 0 Å². The van der Waals surface area contributed by atoms with E-state index >= 15 is 0 Å². The smallest absolute Gasteiger partial charge is 0.307 e. The monoisotopic (exact) mass is 266 g/mol. The van der Waals surface area contributed by atoms with Crippen LogP contribution in [-0.4, -0.2) is 5.97 Å². The number of cyclic esters (lactones) is 1. The van der Waals surface area contributed by atoms with Crippen LogP contribution in [0, 0.1) is 13.8 Å². The zero-order valence-electron chi connectivity index (χ0n) is 11.8. The summed E-state index contributed by atoms with van der Waals surface area (Å²) in [4.78, 5) is 11.7. The first-order chi connectivity index (χ1) is 9.60. The summed E-state index contributed by atoms with van der Waals surface area (Å²) in [7, 11) is 0. The molecular weight excluding hydrogens is 248 g/mol. The number of rotatable bonds is 2. The maximum absolute atomic E-state index is 11.7. The van der Waals surface area contributed by atoms with Gasteiger partial charge in [0.25, 0.3) is 0 Å². The predicted molar refractivity (Wildman–Crippen MR) is 78.5 cm³/mol. The van der Waals surface area contributed by atoms with Gasteiger partial charge in [-0.05, 0) is 13.8 Å². The molecule has 0 amide bonds. The van der Waals surface area contributed by atoms with Crippen molar-refractivity contribution in [1.82, 2.24) is 0 Å². The van der Waals surface area contributed by atoms with Crippen LogP contribution >= 0.6 is 0 Å². The van der Waals surface area contributed by atoms with Crippen LogP contribution in [-0.2, 0) is 15.1 Å². The fourth-order valence-corrected chi connectivity index (χ4v) is 2.79. The minimum atomic E-state index is -0.613. The van der Waals surface area contributed by atoms with Crippen LogP contribution in [0.2, 0.25) is 0 Å². The zero-order chi connectivity index (χ0) is 14.2.